The Morgan fingerprint density at radius 3 is 2.83 bits per heavy atom. The number of halogens is 3. The third kappa shape index (κ3) is 3.03. The largest absolute Gasteiger partial charge is 0.348 e. The molecule has 23 heavy (non-hydrogen) atoms. The SMILES string of the molecule is O=C(NCCCl)N1CCn2cccc2C1c1ccc(F)c(F)c1. The molecule has 0 saturated heterocycles. The van der Waals surface area contributed by atoms with E-state index >= 15 is 0 Å². The van der Waals surface area contributed by atoms with Gasteiger partial charge in [-0.2, -0.15) is 0 Å². The highest BCUT2D eigenvalue weighted by molar-refractivity contribution is 6.18. The van der Waals surface area contributed by atoms with Gasteiger partial charge in [-0.25, -0.2) is 13.6 Å². The predicted molar refractivity (Wildman–Crippen MR) is 83.5 cm³/mol. The minimum absolute atomic E-state index is 0.271. The lowest BCUT2D eigenvalue weighted by Gasteiger charge is -2.37. The van der Waals surface area contributed by atoms with Crippen molar-refractivity contribution in [2.24, 2.45) is 0 Å². The van der Waals surface area contributed by atoms with Crippen LogP contribution in [0.15, 0.2) is 36.5 Å². The molecule has 0 aliphatic carbocycles. The van der Waals surface area contributed by atoms with Crippen molar-refractivity contribution < 1.29 is 13.6 Å². The van der Waals surface area contributed by atoms with Crippen LogP contribution in [0.2, 0.25) is 0 Å². The Balaban J connectivity index is 1.99. The molecule has 0 saturated carbocycles. The first-order valence-corrected chi connectivity index (χ1v) is 7.85. The van der Waals surface area contributed by atoms with Crippen LogP contribution >= 0.6 is 11.6 Å². The zero-order valence-corrected chi connectivity index (χ0v) is 13.1. The predicted octanol–water partition coefficient (Wildman–Crippen LogP) is 3.12. The van der Waals surface area contributed by atoms with E-state index in [1.807, 2.05) is 22.9 Å². The van der Waals surface area contributed by atoms with Gasteiger partial charge in [-0.3, -0.25) is 0 Å². The average molecular weight is 340 g/mol. The lowest BCUT2D eigenvalue weighted by atomic mass is 10.00. The number of benzene rings is 1. The van der Waals surface area contributed by atoms with Crippen LogP contribution in [0, 0.1) is 11.6 Å². The molecule has 2 aromatic rings. The molecule has 3 rings (SSSR count). The number of nitrogens with zero attached hydrogens (tertiary/aromatic N) is 2. The summed E-state index contributed by atoms with van der Waals surface area (Å²) in [4.78, 5) is 14.0. The molecule has 1 aromatic carbocycles. The molecular formula is C16H16ClF2N3O. The number of alkyl halides is 1. The van der Waals surface area contributed by atoms with E-state index in [-0.39, 0.29) is 6.03 Å². The topological polar surface area (TPSA) is 37.3 Å². The smallest absolute Gasteiger partial charge is 0.318 e. The van der Waals surface area contributed by atoms with Crippen molar-refractivity contribution in [3.8, 4) is 0 Å². The number of nitrogens with one attached hydrogen (secondary N) is 1. The van der Waals surface area contributed by atoms with E-state index in [1.54, 1.807) is 4.90 Å². The standard InChI is InChI=1S/C16H16ClF2N3O/c17-5-6-20-16(23)22-9-8-21-7-1-2-14(21)15(22)11-3-4-12(18)13(19)10-11/h1-4,7,10,15H,5-6,8-9H2,(H,20,23). The van der Waals surface area contributed by atoms with Gasteiger partial charge in [-0.15, -0.1) is 11.6 Å². The number of hydrogen-bond donors (Lipinski definition) is 1. The second-order valence-electron chi connectivity index (χ2n) is 5.32. The van der Waals surface area contributed by atoms with Gasteiger partial charge < -0.3 is 14.8 Å². The van der Waals surface area contributed by atoms with Crippen molar-refractivity contribution in [3.63, 3.8) is 0 Å². The van der Waals surface area contributed by atoms with Crippen LogP contribution in [-0.4, -0.2) is 34.5 Å². The van der Waals surface area contributed by atoms with Gasteiger partial charge in [0.15, 0.2) is 11.6 Å². The summed E-state index contributed by atoms with van der Waals surface area (Å²) >= 11 is 5.61. The number of fused-ring (bicyclic) bond motifs is 1. The number of carbonyl (C=O) groups is 1. The van der Waals surface area contributed by atoms with Crippen molar-refractivity contribution in [1.82, 2.24) is 14.8 Å². The van der Waals surface area contributed by atoms with Crippen LogP contribution in [0.1, 0.15) is 17.3 Å². The number of rotatable bonds is 3. The van der Waals surface area contributed by atoms with Crippen molar-refractivity contribution in [3.05, 3.63) is 59.4 Å². The van der Waals surface area contributed by atoms with Gasteiger partial charge in [-0.1, -0.05) is 6.07 Å². The van der Waals surface area contributed by atoms with Crippen LogP contribution in [-0.2, 0) is 6.54 Å². The quantitative estimate of drug-likeness (QED) is 0.857. The number of amides is 2. The Bertz CT molecular complexity index is 719. The highest BCUT2D eigenvalue weighted by Crippen LogP contribution is 2.33. The summed E-state index contributed by atoms with van der Waals surface area (Å²) in [5.41, 5.74) is 1.40. The summed E-state index contributed by atoms with van der Waals surface area (Å²) < 4.78 is 28.9. The lowest BCUT2D eigenvalue weighted by Crippen LogP contribution is -2.47. The third-order valence-corrected chi connectivity index (χ3v) is 4.12. The Labute approximate surface area is 137 Å². The molecule has 1 N–H and O–H groups in total. The Morgan fingerprint density at radius 2 is 2.09 bits per heavy atom. The molecule has 0 spiro atoms. The summed E-state index contributed by atoms with van der Waals surface area (Å²) in [5, 5.41) is 2.73. The summed E-state index contributed by atoms with van der Waals surface area (Å²) in [6.45, 7) is 1.47. The molecular weight excluding hydrogens is 324 g/mol. The van der Waals surface area contributed by atoms with E-state index < -0.39 is 17.7 Å². The summed E-state index contributed by atoms with van der Waals surface area (Å²) in [6.07, 6.45) is 1.91. The number of urea groups is 1. The molecule has 4 nitrogen and oxygen atoms in total. The first kappa shape index (κ1) is 15.8. The van der Waals surface area contributed by atoms with Crippen LogP contribution in [0.3, 0.4) is 0 Å². The normalized spacial score (nSPS) is 17.0. The maximum Gasteiger partial charge on any atom is 0.318 e. The summed E-state index contributed by atoms with van der Waals surface area (Å²) in [6, 6.07) is 6.76. The maximum absolute atomic E-state index is 13.6. The fourth-order valence-electron chi connectivity index (χ4n) is 2.89. The minimum atomic E-state index is -0.924. The Hall–Kier alpha value is -2.08. The van der Waals surface area contributed by atoms with Gasteiger partial charge in [0.05, 0.1) is 6.04 Å². The Morgan fingerprint density at radius 1 is 1.26 bits per heavy atom. The van der Waals surface area contributed by atoms with E-state index in [2.05, 4.69) is 5.32 Å². The fourth-order valence-corrected chi connectivity index (χ4v) is 2.99. The highest BCUT2D eigenvalue weighted by atomic mass is 35.5. The van der Waals surface area contributed by atoms with Gasteiger partial charge in [0.1, 0.15) is 0 Å². The Kier molecular flexibility index (Phi) is 4.52. The zero-order valence-electron chi connectivity index (χ0n) is 12.3. The van der Waals surface area contributed by atoms with E-state index in [0.29, 0.717) is 31.1 Å². The minimum Gasteiger partial charge on any atom is -0.348 e. The van der Waals surface area contributed by atoms with Gasteiger partial charge in [-0.05, 0) is 29.8 Å². The van der Waals surface area contributed by atoms with Crippen molar-refractivity contribution in [1.29, 1.82) is 0 Å². The highest BCUT2D eigenvalue weighted by Gasteiger charge is 2.32. The fraction of sp³-hybridized carbons (Fsp3) is 0.312. The van der Waals surface area contributed by atoms with Crippen LogP contribution < -0.4 is 5.32 Å². The number of hydrogen-bond acceptors (Lipinski definition) is 1. The molecule has 1 aliphatic rings. The average Bonchev–Trinajstić information content (AvgIpc) is 3.03. The van der Waals surface area contributed by atoms with Crippen molar-refractivity contribution in [2.75, 3.05) is 19.0 Å². The molecule has 122 valence electrons. The van der Waals surface area contributed by atoms with Gasteiger partial charge in [0, 0.05) is 37.4 Å². The molecule has 0 radical (unpaired) electrons. The zero-order chi connectivity index (χ0) is 16.4. The van der Waals surface area contributed by atoms with Crippen molar-refractivity contribution in [2.45, 2.75) is 12.6 Å². The molecule has 1 atom stereocenters. The summed E-state index contributed by atoms with van der Waals surface area (Å²) in [7, 11) is 0. The molecule has 1 aliphatic heterocycles. The molecule has 1 unspecified atom stereocenters. The van der Waals surface area contributed by atoms with Crippen LogP contribution in [0.4, 0.5) is 13.6 Å². The number of aromatic nitrogens is 1. The van der Waals surface area contributed by atoms with E-state index in [9.17, 15) is 13.6 Å². The molecule has 0 bridgehead atoms. The van der Waals surface area contributed by atoms with Gasteiger partial charge in [0.25, 0.3) is 0 Å². The molecule has 1 aromatic heterocycles. The first-order valence-electron chi connectivity index (χ1n) is 7.32. The third-order valence-electron chi connectivity index (χ3n) is 3.93. The molecule has 2 heterocycles. The monoisotopic (exact) mass is 339 g/mol. The van der Waals surface area contributed by atoms with Crippen LogP contribution in [0.25, 0.3) is 0 Å². The van der Waals surface area contributed by atoms with Gasteiger partial charge >= 0.3 is 6.03 Å². The summed E-state index contributed by atoms with van der Waals surface area (Å²) in [5.74, 6) is -1.52. The van der Waals surface area contributed by atoms with E-state index in [4.69, 9.17) is 11.6 Å². The van der Waals surface area contributed by atoms with E-state index in [1.165, 1.54) is 6.07 Å². The molecule has 0 fully saturated rings. The second kappa shape index (κ2) is 6.58. The lowest BCUT2D eigenvalue weighted by molar-refractivity contribution is 0.169. The van der Waals surface area contributed by atoms with Gasteiger partial charge in [0.2, 0.25) is 0 Å². The molecule has 7 heteroatoms. The van der Waals surface area contributed by atoms with Crippen LogP contribution in [0.5, 0.6) is 0 Å². The van der Waals surface area contributed by atoms with Crippen molar-refractivity contribution >= 4 is 17.6 Å². The first-order chi connectivity index (χ1) is 11.1. The van der Waals surface area contributed by atoms with E-state index in [0.717, 1.165) is 17.8 Å². The second-order valence-corrected chi connectivity index (χ2v) is 5.69. The molecule has 2 amide bonds. The number of carbonyl (C=O) groups excluding carboxylic acids is 1. The maximum atomic E-state index is 13.6.